The van der Waals surface area contributed by atoms with Crippen molar-refractivity contribution >= 4 is 17.6 Å². The number of benzene rings is 1. The molecule has 0 saturated heterocycles. The molecule has 1 atom stereocenters. The van der Waals surface area contributed by atoms with Crippen molar-refractivity contribution in [3.8, 4) is 5.75 Å². The van der Waals surface area contributed by atoms with Crippen LogP contribution in [0.15, 0.2) is 18.2 Å². The number of hydrogen-bond donors (Lipinski definition) is 2. The molecule has 0 heterocycles. The number of carbonyl (C=O) groups is 1. The minimum Gasteiger partial charge on any atom is -0.506 e. The maximum atomic E-state index is 12.0. The summed E-state index contributed by atoms with van der Waals surface area (Å²) in [5.74, 6) is 0.0614. The molecule has 0 aliphatic rings. The number of esters is 1. The molecule has 0 radical (unpaired) electrons. The number of carbonyl (C=O) groups excluding carboxylic acids is 1. The molecule has 1 rings (SSSR count). The van der Waals surface area contributed by atoms with Crippen LogP contribution in [-0.4, -0.2) is 24.2 Å². The van der Waals surface area contributed by atoms with E-state index in [0.717, 1.165) is 0 Å². The standard InChI is InChI=1S/C14H20ClNO3/c1-4-19-14(18)13(16-8-9(2)3)10-5-6-12(17)11(15)7-10/h5-7,9,13,16-17H,4,8H2,1-3H3. The minimum absolute atomic E-state index is 0.00288. The van der Waals surface area contributed by atoms with Gasteiger partial charge in [-0.3, -0.25) is 0 Å². The Morgan fingerprint density at radius 3 is 2.68 bits per heavy atom. The second-order valence-corrected chi connectivity index (χ2v) is 5.11. The van der Waals surface area contributed by atoms with Crippen LogP contribution in [0.2, 0.25) is 5.02 Å². The molecule has 0 saturated carbocycles. The van der Waals surface area contributed by atoms with Crippen molar-refractivity contribution in [3.63, 3.8) is 0 Å². The van der Waals surface area contributed by atoms with Crippen LogP contribution in [0.4, 0.5) is 0 Å². The maximum absolute atomic E-state index is 12.0. The summed E-state index contributed by atoms with van der Waals surface area (Å²) in [6.07, 6.45) is 0. The van der Waals surface area contributed by atoms with Crippen LogP contribution in [-0.2, 0) is 9.53 Å². The topological polar surface area (TPSA) is 58.6 Å². The third-order valence-electron chi connectivity index (χ3n) is 2.56. The van der Waals surface area contributed by atoms with Gasteiger partial charge in [-0.15, -0.1) is 0 Å². The fourth-order valence-electron chi connectivity index (χ4n) is 1.62. The van der Waals surface area contributed by atoms with Gasteiger partial charge in [0, 0.05) is 0 Å². The van der Waals surface area contributed by atoms with Crippen LogP contribution >= 0.6 is 11.6 Å². The Hall–Kier alpha value is -1.26. The third kappa shape index (κ3) is 4.73. The Balaban J connectivity index is 2.93. The van der Waals surface area contributed by atoms with Gasteiger partial charge in [-0.2, -0.15) is 0 Å². The quantitative estimate of drug-likeness (QED) is 0.789. The molecule has 1 aromatic rings. The largest absolute Gasteiger partial charge is 0.506 e. The SMILES string of the molecule is CCOC(=O)C(NCC(C)C)c1ccc(O)c(Cl)c1. The van der Waals surface area contributed by atoms with Crippen molar-refractivity contribution in [2.24, 2.45) is 5.92 Å². The van der Waals surface area contributed by atoms with Crippen molar-refractivity contribution in [2.75, 3.05) is 13.2 Å². The molecular formula is C14H20ClNO3. The number of hydrogen-bond acceptors (Lipinski definition) is 4. The Bertz CT molecular complexity index is 435. The lowest BCUT2D eigenvalue weighted by atomic mass is 10.1. The second kappa shape index (κ2) is 7.36. The molecule has 0 fully saturated rings. The molecule has 5 heteroatoms. The first-order valence-corrected chi connectivity index (χ1v) is 6.72. The first kappa shape index (κ1) is 15.8. The van der Waals surface area contributed by atoms with E-state index in [9.17, 15) is 9.90 Å². The van der Waals surface area contributed by atoms with Gasteiger partial charge in [-0.1, -0.05) is 31.5 Å². The Kier molecular flexibility index (Phi) is 6.12. The predicted octanol–water partition coefficient (Wildman–Crippen LogP) is 2.90. The van der Waals surface area contributed by atoms with E-state index in [0.29, 0.717) is 24.6 Å². The molecule has 106 valence electrons. The highest BCUT2D eigenvalue weighted by atomic mass is 35.5. The molecule has 2 N–H and O–H groups in total. The lowest BCUT2D eigenvalue weighted by Gasteiger charge is -2.19. The maximum Gasteiger partial charge on any atom is 0.327 e. The van der Waals surface area contributed by atoms with E-state index in [1.165, 1.54) is 6.07 Å². The van der Waals surface area contributed by atoms with E-state index in [1.807, 2.05) is 0 Å². The van der Waals surface area contributed by atoms with Crippen molar-refractivity contribution in [2.45, 2.75) is 26.8 Å². The summed E-state index contributed by atoms with van der Waals surface area (Å²) in [5.41, 5.74) is 0.682. The molecule has 4 nitrogen and oxygen atoms in total. The summed E-state index contributed by atoms with van der Waals surface area (Å²) < 4.78 is 5.05. The summed E-state index contributed by atoms with van der Waals surface area (Å²) in [4.78, 5) is 12.0. The van der Waals surface area contributed by atoms with E-state index in [-0.39, 0.29) is 16.7 Å². The predicted molar refractivity (Wildman–Crippen MR) is 75.3 cm³/mol. The fraction of sp³-hybridized carbons (Fsp3) is 0.500. The highest BCUT2D eigenvalue weighted by Gasteiger charge is 2.22. The van der Waals surface area contributed by atoms with Crippen LogP contribution in [0.5, 0.6) is 5.75 Å². The van der Waals surface area contributed by atoms with Gasteiger partial charge in [0.05, 0.1) is 11.6 Å². The zero-order valence-electron chi connectivity index (χ0n) is 11.4. The number of phenolic OH excluding ortho intramolecular Hbond substituents is 1. The van der Waals surface area contributed by atoms with Gasteiger partial charge >= 0.3 is 5.97 Å². The van der Waals surface area contributed by atoms with E-state index >= 15 is 0 Å². The normalized spacial score (nSPS) is 12.5. The van der Waals surface area contributed by atoms with Crippen LogP contribution < -0.4 is 5.32 Å². The lowest BCUT2D eigenvalue weighted by molar-refractivity contribution is -0.145. The Morgan fingerprint density at radius 2 is 2.16 bits per heavy atom. The second-order valence-electron chi connectivity index (χ2n) is 4.70. The number of halogens is 1. The fourth-order valence-corrected chi connectivity index (χ4v) is 1.81. The minimum atomic E-state index is -0.569. The van der Waals surface area contributed by atoms with Gasteiger partial charge < -0.3 is 15.2 Å². The molecule has 19 heavy (non-hydrogen) atoms. The lowest BCUT2D eigenvalue weighted by Crippen LogP contribution is -2.32. The van der Waals surface area contributed by atoms with Crippen LogP contribution in [0.1, 0.15) is 32.4 Å². The van der Waals surface area contributed by atoms with Crippen LogP contribution in [0.3, 0.4) is 0 Å². The van der Waals surface area contributed by atoms with Crippen LogP contribution in [0, 0.1) is 5.92 Å². The first-order chi connectivity index (χ1) is 8.95. The molecule has 1 unspecified atom stereocenters. The molecule has 0 aliphatic heterocycles. The van der Waals surface area contributed by atoms with Gasteiger partial charge in [0.1, 0.15) is 11.8 Å². The summed E-state index contributed by atoms with van der Waals surface area (Å²) in [7, 11) is 0. The number of rotatable bonds is 6. The molecule has 0 amide bonds. The number of aromatic hydroxyl groups is 1. The highest BCUT2D eigenvalue weighted by molar-refractivity contribution is 6.32. The van der Waals surface area contributed by atoms with E-state index < -0.39 is 6.04 Å². The van der Waals surface area contributed by atoms with Gasteiger partial charge in [0.2, 0.25) is 0 Å². The molecule has 0 bridgehead atoms. The molecule has 1 aromatic carbocycles. The third-order valence-corrected chi connectivity index (χ3v) is 2.86. The summed E-state index contributed by atoms with van der Waals surface area (Å²) in [5, 5.41) is 12.8. The highest BCUT2D eigenvalue weighted by Crippen LogP contribution is 2.27. The number of phenols is 1. The van der Waals surface area contributed by atoms with Crippen molar-refractivity contribution in [3.05, 3.63) is 28.8 Å². The van der Waals surface area contributed by atoms with Crippen LogP contribution in [0.25, 0.3) is 0 Å². The number of nitrogens with one attached hydrogen (secondary N) is 1. The average molecular weight is 286 g/mol. The summed E-state index contributed by atoms with van der Waals surface area (Å²) in [6, 6.07) is 4.14. The summed E-state index contributed by atoms with van der Waals surface area (Å²) >= 11 is 5.87. The van der Waals surface area contributed by atoms with Crippen molar-refractivity contribution in [1.82, 2.24) is 5.32 Å². The number of ether oxygens (including phenoxy) is 1. The van der Waals surface area contributed by atoms with E-state index in [1.54, 1.807) is 19.1 Å². The Morgan fingerprint density at radius 1 is 1.47 bits per heavy atom. The van der Waals surface area contributed by atoms with Gasteiger partial charge in [-0.05, 0) is 37.1 Å². The zero-order chi connectivity index (χ0) is 14.4. The van der Waals surface area contributed by atoms with E-state index in [2.05, 4.69) is 19.2 Å². The molecule has 0 aliphatic carbocycles. The summed E-state index contributed by atoms with van der Waals surface area (Å²) in [6.45, 7) is 6.88. The first-order valence-electron chi connectivity index (χ1n) is 6.34. The van der Waals surface area contributed by atoms with E-state index in [4.69, 9.17) is 16.3 Å². The molecular weight excluding hydrogens is 266 g/mol. The van der Waals surface area contributed by atoms with Crippen molar-refractivity contribution < 1.29 is 14.6 Å². The molecule has 0 spiro atoms. The molecule has 0 aromatic heterocycles. The zero-order valence-corrected chi connectivity index (χ0v) is 12.2. The van der Waals surface area contributed by atoms with Gasteiger partial charge in [-0.25, -0.2) is 4.79 Å². The van der Waals surface area contributed by atoms with Gasteiger partial charge in [0.15, 0.2) is 0 Å². The average Bonchev–Trinajstić information content (AvgIpc) is 2.33. The van der Waals surface area contributed by atoms with Gasteiger partial charge in [0.25, 0.3) is 0 Å². The monoisotopic (exact) mass is 285 g/mol. The van der Waals surface area contributed by atoms with Crippen molar-refractivity contribution in [1.29, 1.82) is 0 Å². The Labute approximate surface area is 118 Å². The smallest absolute Gasteiger partial charge is 0.327 e.